The molecule has 0 N–H and O–H groups in total. The number of benzene rings is 1. The number of morpholine rings is 1. The number of nitrogens with zero attached hydrogens (tertiary/aromatic N) is 6. The molecule has 2 aliphatic rings. The van der Waals surface area contributed by atoms with Crippen molar-refractivity contribution in [3.63, 3.8) is 0 Å². The van der Waals surface area contributed by atoms with Crippen molar-refractivity contribution in [2.75, 3.05) is 32.8 Å². The number of hydrogen-bond donors (Lipinski definition) is 0. The lowest BCUT2D eigenvalue weighted by Gasteiger charge is -2.36. The van der Waals surface area contributed by atoms with E-state index in [1.54, 1.807) is 16.8 Å². The van der Waals surface area contributed by atoms with Crippen LogP contribution < -0.4 is 0 Å². The normalized spacial score (nSPS) is 20.7. The first-order valence-corrected chi connectivity index (χ1v) is 10.3. The second-order valence-corrected chi connectivity index (χ2v) is 7.61. The van der Waals surface area contributed by atoms with E-state index in [9.17, 15) is 9.18 Å². The summed E-state index contributed by atoms with van der Waals surface area (Å²) in [6.07, 6.45) is 3.32. The summed E-state index contributed by atoms with van der Waals surface area (Å²) in [6, 6.07) is 6.51. The smallest absolute Gasteiger partial charge is 0.224 e. The van der Waals surface area contributed by atoms with Crippen LogP contribution in [0.3, 0.4) is 0 Å². The number of aryl methyl sites for hydroxylation is 1. The molecule has 4 rings (SSSR count). The number of carbonyl (C=O) groups excluding carboxylic acids is 1. The van der Waals surface area contributed by atoms with Crippen molar-refractivity contribution >= 4 is 5.91 Å². The summed E-state index contributed by atoms with van der Waals surface area (Å²) in [5.74, 6) is 0.606. The number of tetrazole rings is 1. The number of rotatable bonds is 6. The fourth-order valence-electron chi connectivity index (χ4n) is 4.08. The number of piperidine rings is 1. The van der Waals surface area contributed by atoms with Gasteiger partial charge in [0.25, 0.3) is 0 Å². The molecule has 0 saturated carbocycles. The minimum atomic E-state index is -0.256. The van der Waals surface area contributed by atoms with Gasteiger partial charge in [-0.1, -0.05) is 12.1 Å². The summed E-state index contributed by atoms with van der Waals surface area (Å²) < 4.78 is 20.4. The van der Waals surface area contributed by atoms with E-state index in [0.717, 1.165) is 63.5 Å². The zero-order chi connectivity index (χ0) is 20.1. The van der Waals surface area contributed by atoms with Crippen LogP contribution in [0.25, 0.3) is 0 Å². The molecular formula is C20H27FN6O2. The third kappa shape index (κ3) is 4.97. The maximum atomic E-state index is 13.3. The van der Waals surface area contributed by atoms with Gasteiger partial charge in [0.05, 0.1) is 32.3 Å². The zero-order valence-electron chi connectivity index (χ0n) is 16.5. The fourth-order valence-corrected chi connectivity index (χ4v) is 4.08. The number of amides is 1. The number of hydrogen-bond acceptors (Lipinski definition) is 6. The molecule has 2 aliphatic heterocycles. The van der Waals surface area contributed by atoms with Crippen molar-refractivity contribution in [3.05, 3.63) is 41.5 Å². The van der Waals surface area contributed by atoms with E-state index in [-0.39, 0.29) is 17.8 Å². The number of halogens is 1. The van der Waals surface area contributed by atoms with Gasteiger partial charge in [0.1, 0.15) is 5.82 Å². The second kappa shape index (κ2) is 9.41. The van der Waals surface area contributed by atoms with E-state index >= 15 is 0 Å². The molecule has 1 amide bonds. The molecular weight excluding hydrogens is 375 g/mol. The van der Waals surface area contributed by atoms with Gasteiger partial charge in [0.2, 0.25) is 5.91 Å². The Morgan fingerprint density at radius 2 is 1.93 bits per heavy atom. The Morgan fingerprint density at radius 1 is 1.14 bits per heavy atom. The largest absolute Gasteiger partial charge is 0.379 e. The van der Waals surface area contributed by atoms with E-state index in [1.165, 1.54) is 12.1 Å². The van der Waals surface area contributed by atoms with Crippen molar-refractivity contribution in [2.24, 2.45) is 0 Å². The Morgan fingerprint density at radius 3 is 2.72 bits per heavy atom. The Bertz CT molecular complexity index is 806. The van der Waals surface area contributed by atoms with Crippen LogP contribution in [0.15, 0.2) is 24.3 Å². The highest BCUT2D eigenvalue weighted by molar-refractivity contribution is 5.76. The van der Waals surface area contributed by atoms with Gasteiger partial charge in [-0.25, -0.2) is 9.07 Å². The molecule has 0 spiro atoms. The molecule has 0 aliphatic carbocycles. The lowest BCUT2D eigenvalue weighted by Crippen LogP contribution is -2.39. The summed E-state index contributed by atoms with van der Waals surface area (Å²) >= 11 is 0. The molecule has 29 heavy (non-hydrogen) atoms. The summed E-state index contributed by atoms with van der Waals surface area (Å²) in [7, 11) is 0. The fraction of sp³-hybridized carbons (Fsp3) is 0.600. The molecule has 156 valence electrons. The Hall–Kier alpha value is -2.39. The van der Waals surface area contributed by atoms with Gasteiger partial charge in [-0.3, -0.25) is 9.69 Å². The van der Waals surface area contributed by atoms with E-state index < -0.39 is 0 Å². The topological polar surface area (TPSA) is 76.4 Å². The number of ether oxygens (including phenoxy) is 1. The highest BCUT2D eigenvalue weighted by Gasteiger charge is 2.28. The Kier molecular flexibility index (Phi) is 6.46. The molecule has 2 aromatic rings. The van der Waals surface area contributed by atoms with Crippen molar-refractivity contribution in [2.45, 2.75) is 44.8 Å². The van der Waals surface area contributed by atoms with Gasteiger partial charge < -0.3 is 9.64 Å². The zero-order valence-corrected chi connectivity index (χ0v) is 16.5. The standard InChI is InChI=1S/C20H27FN6O2/c21-17-6-4-16(5-7-17)18-3-1-2-9-26(18)20(28)8-10-27-19(22-23-24-27)15-25-11-13-29-14-12-25/h4-7,18H,1-3,8-15H2/t18-/m0/s1. The first-order chi connectivity index (χ1) is 14.2. The molecule has 2 fully saturated rings. The molecule has 1 atom stereocenters. The Labute approximate surface area is 169 Å². The highest BCUT2D eigenvalue weighted by Crippen LogP contribution is 2.31. The minimum absolute atomic E-state index is 0.0125. The molecule has 0 unspecified atom stereocenters. The molecule has 8 nitrogen and oxygen atoms in total. The monoisotopic (exact) mass is 402 g/mol. The molecule has 0 radical (unpaired) electrons. The van der Waals surface area contributed by atoms with Crippen LogP contribution in [0.4, 0.5) is 4.39 Å². The SMILES string of the molecule is O=C(CCn1nnnc1CN1CCOCC1)N1CCCC[C@H]1c1ccc(F)cc1. The predicted molar refractivity (Wildman–Crippen MR) is 103 cm³/mol. The van der Waals surface area contributed by atoms with E-state index in [0.29, 0.717) is 19.5 Å². The van der Waals surface area contributed by atoms with Crippen molar-refractivity contribution in [3.8, 4) is 0 Å². The third-order valence-corrected chi connectivity index (χ3v) is 5.69. The van der Waals surface area contributed by atoms with E-state index in [4.69, 9.17) is 4.74 Å². The van der Waals surface area contributed by atoms with Crippen LogP contribution in [-0.2, 0) is 22.6 Å². The minimum Gasteiger partial charge on any atom is -0.379 e. The van der Waals surface area contributed by atoms with Crippen LogP contribution in [-0.4, -0.2) is 68.8 Å². The maximum absolute atomic E-state index is 13.3. The number of carbonyl (C=O) groups is 1. The average Bonchev–Trinajstić information content (AvgIpc) is 3.20. The van der Waals surface area contributed by atoms with Crippen LogP contribution in [0, 0.1) is 5.82 Å². The molecule has 3 heterocycles. The first kappa shape index (κ1) is 19.9. The lowest BCUT2D eigenvalue weighted by atomic mass is 9.95. The van der Waals surface area contributed by atoms with Gasteiger partial charge in [-0.2, -0.15) is 0 Å². The van der Waals surface area contributed by atoms with E-state index in [1.807, 2.05) is 4.90 Å². The molecule has 1 aromatic heterocycles. The van der Waals surface area contributed by atoms with Crippen LogP contribution >= 0.6 is 0 Å². The summed E-state index contributed by atoms with van der Waals surface area (Å²) in [5.41, 5.74) is 0.995. The number of aromatic nitrogens is 4. The van der Waals surface area contributed by atoms with Gasteiger partial charge in [0, 0.05) is 26.1 Å². The number of likely N-dealkylation sites (tertiary alicyclic amines) is 1. The molecule has 1 aromatic carbocycles. The summed E-state index contributed by atoms with van der Waals surface area (Å²) in [4.78, 5) is 17.2. The molecule has 2 saturated heterocycles. The van der Waals surface area contributed by atoms with Gasteiger partial charge in [0.15, 0.2) is 5.82 Å². The van der Waals surface area contributed by atoms with Gasteiger partial charge in [-0.05, 0) is 47.4 Å². The van der Waals surface area contributed by atoms with Crippen LogP contribution in [0.1, 0.15) is 43.1 Å². The average molecular weight is 402 g/mol. The molecule has 0 bridgehead atoms. The third-order valence-electron chi connectivity index (χ3n) is 5.69. The highest BCUT2D eigenvalue weighted by atomic mass is 19.1. The van der Waals surface area contributed by atoms with Crippen molar-refractivity contribution in [1.82, 2.24) is 30.0 Å². The maximum Gasteiger partial charge on any atom is 0.224 e. The molecule has 9 heteroatoms. The Balaban J connectivity index is 1.37. The van der Waals surface area contributed by atoms with Gasteiger partial charge >= 0.3 is 0 Å². The second-order valence-electron chi connectivity index (χ2n) is 7.61. The van der Waals surface area contributed by atoms with Crippen molar-refractivity contribution < 1.29 is 13.9 Å². The summed E-state index contributed by atoms with van der Waals surface area (Å²) in [5, 5.41) is 12.0. The van der Waals surface area contributed by atoms with E-state index in [2.05, 4.69) is 20.4 Å². The first-order valence-electron chi connectivity index (χ1n) is 10.3. The van der Waals surface area contributed by atoms with Crippen LogP contribution in [0.2, 0.25) is 0 Å². The van der Waals surface area contributed by atoms with Crippen molar-refractivity contribution in [1.29, 1.82) is 0 Å². The lowest BCUT2D eigenvalue weighted by molar-refractivity contribution is -0.135. The summed E-state index contributed by atoms with van der Waals surface area (Å²) in [6.45, 7) is 5.01. The van der Waals surface area contributed by atoms with Gasteiger partial charge in [-0.15, -0.1) is 5.10 Å². The predicted octanol–water partition coefficient (Wildman–Crippen LogP) is 1.79. The van der Waals surface area contributed by atoms with Crippen LogP contribution in [0.5, 0.6) is 0 Å². The quantitative estimate of drug-likeness (QED) is 0.733.